The minimum absolute atomic E-state index is 0.305. The zero-order valence-electron chi connectivity index (χ0n) is 11.6. The lowest BCUT2D eigenvalue weighted by atomic mass is 10.1. The van der Waals surface area contributed by atoms with E-state index >= 15 is 0 Å². The van der Waals surface area contributed by atoms with Gasteiger partial charge in [-0.15, -0.1) is 10.2 Å². The number of methoxy groups -OCH3 is 1. The first-order valence-corrected chi connectivity index (χ1v) is 6.41. The summed E-state index contributed by atoms with van der Waals surface area (Å²) in [5, 5.41) is 11.4. The number of hydrogen-bond donors (Lipinski definition) is 1. The maximum atomic E-state index is 5.15. The first kappa shape index (κ1) is 13.5. The van der Waals surface area contributed by atoms with Crippen LogP contribution < -0.4 is 10.1 Å². The molecule has 1 heterocycles. The first-order valence-electron chi connectivity index (χ1n) is 6.41. The third-order valence-electron chi connectivity index (χ3n) is 3.22. The van der Waals surface area contributed by atoms with E-state index in [4.69, 9.17) is 4.74 Å². The van der Waals surface area contributed by atoms with Crippen molar-refractivity contribution in [1.82, 2.24) is 20.1 Å². The van der Waals surface area contributed by atoms with E-state index in [-0.39, 0.29) is 0 Å². The highest BCUT2D eigenvalue weighted by Gasteiger charge is 2.06. The van der Waals surface area contributed by atoms with Crippen LogP contribution >= 0.6 is 0 Å². The van der Waals surface area contributed by atoms with Gasteiger partial charge in [0.1, 0.15) is 17.9 Å². The van der Waals surface area contributed by atoms with Gasteiger partial charge >= 0.3 is 0 Å². The molecule has 2 aromatic rings. The predicted molar refractivity (Wildman–Crippen MR) is 74.1 cm³/mol. The standard InChI is InChI=1S/C14H20N4O/c1-11(12-4-6-13(19-3)7-5-12)15-9-8-14-17-16-10-18(14)2/h4-7,10-11,15H,8-9H2,1-3H3. The largest absolute Gasteiger partial charge is 0.497 e. The molecular formula is C14H20N4O. The molecule has 1 atom stereocenters. The molecule has 0 saturated carbocycles. The molecule has 1 aromatic carbocycles. The SMILES string of the molecule is COc1ccc(C(C)NCCc2nncn2C)cc1. The average molecular weight is 260 g/mol. The van der Waals surface area contributed by atoms with Gasteiger partial charge in [0.25, 0.3) is 0 Å². The smallest absolute Gasteiger partial charge is 0.133 e. The van der Waals surface area contributed by atoms with Gasteiger partial charge in [0.15, 0.2) is 0 Å². The number of hydrogen-bond acceptors (Lipinski definition) is 4. The van der Waals surface area contributed by atoms with Crippen LogP contribution in [-0.2, 0) is 13.5 Å². The van der Waals surface area contributed by atoms with Crippen molar-refractivity contribution < 1.29 is 4.74 Å². The first-order chi connectivity index (χ1) is 9.20. The summed E-state index contributed by atoms with van der Waals surface area (Å²) in [6, 6.07) is 8.43. The van der Waals surface area contributed by atoms with Gasteiger partial charge in [0.05, 0.1) is 7.11 Å². The van der Waals surface area contributed by atoms with Crippen molar-refractivity contribution in [3.8, 4) is 5.75 Å². The Bertz CT molecular complexity index is 506. The van der Waals surface area contributed by atoms with Crippen LogP contribution in [0.25, 0.3) is 0 Å². The van der Waals surface area contributed by atoms with Gasteiger partial charge < -0.3 is 14.6 Å². The number of ether oxygens (including phenoxy) is 1. The number of benzene rings is 1. The summed E-state index contributed by atoms with van der Waals surface area (Å²) < 4.78 is 7.10. The van der Waals surface area contributed by atoms with Gasteiger partial charge in [-0.05, 0) is 24.6 Å². The summed E-state index contributed by atoms with van der Waals surface area (Å²) in [7, 11) is 3.64. The van der Waals surface area contributed by atoms with Crippen LogP contribution in [0.1, 0.15) is 24.4 Å². The quantitative estimate of drug-likeness (QED) is 0.859. The average Bonchev–Trinajstić information content (AvgIpc) is 2.84. The van der Waals surface area contributed by atoms with E-state index in [0.29, 0.717) is 6.04 Å². The maximum Gasteiger partial charge on any atom is 0.133 e. The van der Waals surface area contributed by atoms with Gasteiger partial charge in [-0.3, -0.25) is 0 Å². The molecule has 1 aromatic heterocycles. The highest BCUT2D eigenvalue weighted by Crippen LogP contribution is 2.17. The third kappa shape index (κ3) is 3.54. The van der Waals surface area contributed by atoms with Crippen molar-refractivity contribution in [3.63, 3.8) is 0 Å². The highest BCUT2D eigenvalue weighted by atomic mass is 16.5. The van der Waals surface area contributed by atoms with E-state index in [1.54, 1.807) is 13.4 Å². The molecule has 5 nitrogen and oxygen atoms in total. The molecule has 0 aliphatic heterocycles. The summed E-state index contributed by atoms with van der Waals surface area (Å²) in [5.41, 5.74) is 1.25. The number of nitrogens with one attached hydrogen (secondary N) is 1. The molecule has 0 saturated heterocycles. The molecule has 0 radical (unpaired) electrons. The highest BCUT2D eigenvalue weighted by molar-refractivity contribution is 5.28. The summed E-state index contributed by atoms with van der Waals surface area (Å²) >= 11 is 0. The van der Waals surface area contributed by atoms with E-state index in [2.05, 4.69) is 34.6 Å². The van der Waals surface area contributed by atoms with Crippen molar-refractivity contribution >= 4 is 0 Å². The molecule has 0 fully saturated rings. The van der Waals surface area contributed by atoms with E-state index < -0.39 is 0 Å². The molecule has 5 heteroatoms. The fourth-order valence-electron chi connectivity index (χ4n) is 1.94. The monoisotopic (exact) mass is 260 g/mol. The lowest BCUT2D eigenvalue weighted by Gasteiger charge is -2.14. The molecule has 19 heavy (non-hydrogen) atoms. The second-order valence-electron chi connectivity index (χ2n) is 4.56. The lowest BCUT2D eigenvalue weighted by molar-refractivity contribution is 0.414. The van der Waals surface area contributed by atoms with E-state index in [1.807, 2.05) is 23.7 Å². The molecule has 0 spiro atoms. The Labute approximate surface area is 113 Å². The summed E-state index contributed by atoms with van der Waals surface area (Å²) in [6.45, 7) is 3.03. The number of rotatable bonds is 6. The fourth-order valence-corrected chi connectivity index (χ4v) is 1.94. The van der Waals surface area contributed by atoms with Crippen LogP contribution in [0.5, 0.6) is 5.75 Å². The topological polar surface area (TPSA) is 52.0 Å². The van der Waals surface area contributed by atoms with E-state index in [0.717, 1.165) is 24.5 Å². The van der Waals surface area contributed by atoms with Crippen LogP contribution in [0.4, 0.5) is 0 Å². The van der Waals surface area contributed by atoms with Gasteiger partial charge in [-0.1, -0.05) is 12.1 Å². The number of aryl methyl sites for hydroxylation is 1. The van der Waals surface area contributed by atoms with Crippen molar-refractivity contribution in [1.29, 1.82) is 0 Å². The second kappa shape index (κ2) is 6.33. The summed E-state index contributed by atoms with van der Waals surface area (Å²) in [5.74, 6) is 1.88. The Morgan fingerprint density at radius 2 is 2.05 bits per heavy atom. The molecular weight excluding hydrogens is 240 g/mol. The molecule has 1 unspecified atom stereocenters. The zero-order chi connectivity index (χ0) is 13.7. The molecule has 0 aliphatic carbocycles. The number of nitrogens with zero attached hydrogens (tertiary/aromatic N) is 3. The molecule has 0 aliphatic rings. The maximum absolute atomic E-state index is 5.15. The van der Waals surface area contributed by atoms with Crippen molar-refractivity contribution in [2.24, 2.45) is 7.05 Å². The minimum Gasteiger partial charge on any atom is -0.497 e. The molecule has 0 amide bonds. The van der Waals surface area contributed by atoms with Gasteiger partial charge in [-0.25, -0.2) is 0 Å². The third-order valence-corrected chi connectivity index (χ3v) is 3.22. The lowest BCUT2D eigenvalue weighted by Crippen LogP contribution is -2.22. The van der Waals surface area contributed by atoms with E-state index in [1.165, 1.54) is 5.56 Å². The van der Waals surface area contributed by atoms with Crippen LogP contribution in [-0.4, -0.2) is 28.4 Å². The molecule has 0 bridgehead atoms. The van der Waals surface area contributed by atoms with Gasteiger partial charge in [0.2, 0.25) is 0 Å². The van der Waals surface area contributed by atoms with Crippen molar-refractivity contribution in [2.45, 2.75) is 19.4 Å². The van der Waals surface area contributed by atoms with Crippen LogP contribution in [0.15, 0.2) is 30.6 Å². The van der Waals surface area contributed by atoms with Crippen LogP contribution in [0.3, 0.4) is 0 Å². The Morgan fingerprint density at radius 3 is 2.63 bits per heavy atom. The summed E-state index contributed by atoms with van der Waals surface area (Å²) in [4.78, 5) is 0. The second-order valence-corrected chi connectivity index (χ2v) is 4.56. The number of aromatic nitrogens is 3. The Hall–Kier alpha value is -1.88. The van der Waals surface area contributed by atoms with Crippen LogP contribution in [0, 0.1) is 0 Å². The Balaban J connectivity index is 1.83. The van der Waals surface area contributed by atoms with Crippen LogP contribution in [0.2, 0.25) is 0 Å². The Kier molecular flexibility index (Phi) is 4.52. The Morgan fingerprint density at radius 1 is 1.32 bits per heavy atom. The zero-order valence-corrected chi connectivity index (χ0v) is 11.6. The van der Waals surface area contributed by atoms with Gasteiger partial charge in [-0.2, -0.15) is 0 Å². The van der Waals surface area contributed by atoms with E-state index in [9.17, 15) is 0 Å². The van der Waals surface area contributed by atoms with Crippen molar-refractivity contribution in [3.05, 3.63) is 42.0 Å². The minimum atomic E-state index is 0.305. The predicted octanol–water partition coefficient (Wildman–Crippen LogP) is 1.72. The van der Waals surface area contributed by atoms with Gasteiger partial charge in [0, 0.05) is 26.1 Å². The summed E-state index contributed by atoms with van der Waals surface area (Å²) in [6.07, 6.45) is 2.60. The molecule has 2 rings (SSSR count). The van der Waals surface area contributed by atoms with Crippen molar-refractivity contribution in [2.75, 3.05) is 13.7 Å². The molecule has 102 valence electrons. The normalized spacial score (nSPS) is 12.4. The fraction of sp³-hybridized carbons (Fsp3) is 0.429. The molecule has 1 N–H and O–H groups in total.